The fourth-order valence-corrected chi connectivity index (χ4v) is 0. The fraction of sp³-hybridized carbons (Fsp3) is 1.00. The Bertz CT molecular complexity index is 58.6. The molecule has 1 nitrogen and oxygen atoms in total. The molecule has 0 aliphatic carbocycles. The van der Waals surface area contributed by atoms with E-state index in [1.165, 1.54) is 0 Å². The maximum Gasteiger partial charge on any atom is 0.276 e. The molecule has 0 aromatic heterocycles. The van der Waals surface area contributed by atoms with Crippen molar-refractivity contribution >= 4 is 8.68 Å². The highest BCUT2D eigenvalue weighted by molar-refractivity contribution is 6.42. The summed E-state index contributed by atoms with van der Waals surface area (Å²) in [5.74, 6) is 0. The maximum absolute atomic E-state index is 10.3. The van der Waals surface area contributed by atoms with Crippen LogP contribution in [0.5, 0.6) is 0 Å². The van der Waals surface area contributed by atoms with E-state index in [-0.39, 0.29) is 0 Å². The monoisotopic (exact) mass is 102 g/mol. The fourth-order valence-electron chi connectivity index (χ4n) is 0. The van der Waals surface area contributed by atoms with Gasteiger partial charge in [0, 0.05) is 0 Å². The normalized spacial score (nSPS) is 9.33. The summed E-state index contributed by atoms with van der Waals surface area (Å²) < 4.78 is 10.3. The number of hydrogen-bond donors (Lipinski definition) is 0. The van der Waals surface area contributed by atoms with Gasteiger partial charge in [-0.1, -0.05) is 13.8 Å². The zero-order chi connectivity index (χ0) is 5.15. The molecule has 0 N–H and O–H groups in total. The molecule has 0 aliphatic rings. The lowest BCUT2D eigenvalue weighted by Gasteiger charge is -1.88. The Morgan fingerprint density at radius 1 is 1.50 bits per heavy atom. The first-order valence-corrected chi connectivity index (χ1v) is 4.13. The van der Waals surface area contributed by atoms with Crippen LogP contribution < -0.4 is 0 Å². The first-order valence-electron chi connectivity index (χ1n) is 2.15. The van der Waals surface area contributed by atoms with Crippen LogP contribution in [0.3, 0.4) is 0 Å². The lowest BCUT2D eigenvalue weighted by atomic mass is 10.6. The van der Waals surface area contributed by atoms with Gasteiger partial charge in [-0.05, 0) is 12.1 Å². The van der Waals surface area contributed by atoms with Crippen molar-refractivity contribution in [2.24, 2.45) is 0 Å². The molecule has 6 heavy (non-hydrogen) atoms. The van der Waals surface area contributed by atoms with E-state index in [2.05, 4.69) is 0 Å². The van der Waals surface area contributed by atoms with Gasteiger partial charge in [-0.3, -0.25) is 0 Å². The Hall–Kier alpha value is 0.0169. The standard InChI is InChI=1S/C4H10OSi/c1-4(2)6(3)5/h4H,1-3H3. The van der Waals surface area contributed by atoms with E-state index in [4.69, 9.17) is 0 Å². The SMILES string of the molecule is CC(C)[Si](C)=O. The summed E-state index contributed by atoms with van der Waals surface area (Å²) in [6.07, 6.45) is 0. The second-order valence-corrected chi connectivity index (χ2v) is 4.14. The minimum atomic E-state index is -1.20. The van der Waals surface area contributed by atoms with Crippen LogP contribution in [-0.2, 0) is 4.46 Å². The smallest absolute Gasteiger partial charge is 0.276 e. The van der Waals surface area contributed by atoms with Crippen molar-refractivity contribution in [2.75, 3.05) is 0 Å². The molecular formula is C4H10OSi. The van der Waals surface area contributed by atoms with E-state index in [0.29, 0.717) is 5.54 Å². The van der Waals surface area contributed by atoms with Gasteiger partial charge in [-0.2, -0.15) is 0 Å². The third kappa shape index (κ3) is 2.27. The molecule has 0 fully saturated rings. The lowest BCUT2D eigenvalue weighted by Crippen LogP contribution is -1.95. The molecular weight excluding hydrogens is 92.1 g/mol. The van der Waals surface area contributed by atoms with Crippen molar-refractivity contribution in [1.82, 2.24) is 0 Å². The minimum absolute atomic E-state index is 0.398. The van der Waals surface area contributed by atoms with Crippen molar-refractivity contribution in [3.05, 3.63) is 0 Å². The third-order valence-corrected chi connectivity index (χ3v) is 2.44. The molecule has 0 aromatic rings. The van der Waals surface area contributed by atoms with Crippen LogP contribution in [0.15, 0.2) is 0 Å². The van der Waals surface area contributed by atoms with Crippen LogP contribution in [0.1, 0.15) is 13.8 Å². The molecule has 0 saturated heterocycles. The average molecular weight is 102 g/mol. The Morgan fingerprint density at radius 3 is 1.67 bits per heavy atom. The van der Waals surface area contributed by atoms with Gasteiger partial charge in [-0.15, -0.1) is 0 Å². The lowest BCUT2D eigenvalue weighted by molar-refractivity contribution is 0.556. The number of hydrogen-bond acceptors (Lipinski definition) is 1. The van der Waals surface area contributed by atoms with Gasteiger partial charge >= 0.3 is 0 Å². The van der Waals surface area contributed by atoms with Crippen molar-refractivity contribution in [3.8, 4) is 0 Å². The molecule has 36 valence electrons. The minimum Gasteiger partial charge on any atom is -0.388 e. The predicted octanol–water partition coefficient (Wildman–Crippen LogP) is 1.45. The van der Waals surface area contributed by atoms with Crippen LogP contribution in [0, 0.1) is 0 Å². The first kappa shape index (κ1) is 6.02. The predicted molar refractivity (Wildman–Crippen MR) is 27.4 cm³/mol. The molecule has 0 spiro atoms. The van der Waals surface area contributed by atoms with Crippen LogP contribution in [-0.4, -0.2) is 8.68 Å². The van der Waals surface area contributed by atoms with Crippen LogP contribution >= 0.6 is 0 Å². The summed E-state index contributed by atoms with van der Waals surface area (Å²) in [5, 5.41) is 0. The molecule has 0 radical (unpaired) electrons. The first-order chi connectivity index (χ1) is 2.64. The highest BCUT2D eigenvalue weighted by Gasteiger charge is 1.98. The Morgan fingerprint density at radius 2 is 1.67 bits per heavy atom. The van der Waals surface area contributed by atoms with Gasteiger partial charge in [0.2, 0.25) is 0 Å². The molecule has 0 bridgehead atoms. The van der Waals surface area contributed by atoms with Gasteiger partial charge < -0.3 is 4.46 Å². The molecule has 0 heterocycles. The zero-order valence-electron chi connectivity index (χ0n) is 4.49. The van der Waals surface area contributed by atoms with Crippen molar-refractivity contribution in [2.45, 2.75) is 25.9 Å². The molecule has 0 aromatic carbocycles. The molecule has 0 rings (SSSR count). The maximum atomic E-state index is 10.3. The van der Waals surface area contributed by atoms with E-state index in [9.17, 15) is 4.46 Å². The zero-order valence-corrected chi connectivity index (χ0v) is 5.49. The van der Waals surface area contributed by atoms with E-state index < -0.39 is 8.68 Å². The quantitative estimate of drug-likeness (QED) is 0.458. The van der Waals surface area contributed by atoms with Gasteiger partial charge in [-0.25, -0.2) is 0 Å². The van der Waals surface area contributed by atoms with Crippen LogP contribution in [0.4, 0.5) is 0 Å². The highest BCUT2D eigenvalue weighted by Crippen LogP contribution is 1.97. The Kier molecular flexibility index (Phi) is 2.24. The van der Waals surface area contributed by atoms with E-state index in [0.717, 1.165) is 0 Å². The summed E-state index contributed by atoms with van der Waals surface area (Å²) in [6.45, 7) is 5.73. The van der Waals surface area contributed by atoms with E-state index in [1.54, 1.807) is 6.55 Å². The summed E-state index contributed by atoms with van der Waals surface area (Å²) in [4.78, 5) is 0. The van der Waals surface area contributed by atoms with Gasteiger partial charge in [0.05, 0.1) is 0 Å². The van der Waals surface area contributed by atoms with Crippen molar-refractivity contribution < 1.29 is 4.46 Å². The average Bonchev–Trinajstić information content (AvgIpc) is 1.36. The summed E-state index contributed by atoms with van der Waals surface area (Å²) in [6, 6.07) is 0. The molecule has 0 unspecified atom stereocenters. The van der Waals surface area contributed by atoms with Crippen LogP contribution in [0.25, 0.3) is 0 Å². The van der Waals surface area contributed by atoms with Crippen LogP contribution in [0.2, 0.25) is 12.1 Å². The molecule has 0 atom stereocenters. The topological polar surface area (TPSA) is 17.1 Å². The summed E-state index contributed by atoms with van der Waals surface area (Å²) >= 11 is 0. The highest BCUT2D eigenvalue weighted by atomic mass is 28.3. The van der Waals surface area contributed by atoms with Gasteiger partial charge in [0.15, 0.2) is 0 Å². The number of rotatable bonds is 1. The molecule has 0 amide bonds. The second-order valence-electron chi connectivity index (χ2n) is 1.77. The summed E-state index contributed by atoms with van der Waals surface area (Å²) in [5.41, 5.74) is 0.398. The molecule has 2 heteroatoms. The Balaban J connectivity index is 3.26. The Labute approximate surface area is 40.0 Å². The molecule has 0 saturated carbocycles. The van der Waals surface area contributed by atoms with Crippen molar-refractivity contribution in [1.29, 1.82) is 0 Å². The second kappa shape index (κ2) is 2.24. The largest absolute Gasteiger partial charge is 0.388 e. The van der Waals surface area contributed by atoms with Crippen molar-refractivity contribution in [3.63, 3.8) is 0 Å². The van der Waals surface area contributed by atoms with Gasteiger partial charge in [0.1, 0.15) is 0 Å². The summed E-state index contributed by atoms with van der Waals surface area (Å²) in [7, 11) is -1.20. The third-order valence-electron chi connectivity index (χ3n) is 0.813. The van der Waals surface area contributed by atoms with Gasteiger partial charge in [0.25, 0.3) is 8.68 Å². The van der Waals surface area contributed by atoms with E-state index >= 15 is 0 Å². The molecule has 0 aliphatic heterocycles. The van der Waals surface area contributed by atoms with E-state index in [1.807, 2.05) is 13.8 Å².